The van der Waals surface area contributed by atoms with Gasteiger partial charge in [0.05, 0.1) is 31.3 Å². The van der Waals surface area contributed by atoms with Gasteiger partial charge in [-0.3, -0.25) is 4.79 Å². The Bertz CT molecular complexity index is 1420. The van der Waals surface area contributed by atoms with Crippen LogP contribution in [-0.2, 0) is 21.0 Å². The fraction of sp³-hybridized carbons (Fsp3) is 0.469. The van der Waals surface area contributed by atoms with Crippen molar-refractivity contribution in [3.63, 3.8) is 0 Å². The minimum Gasteiger partial charge on any atom is -0.488 e. The van der Waals surface area contributed by atoms with E-state index in [0.717, 1.165) is 11.1 Å². The highest BCUT2D eigenvalue weighted by Gasteiger charge is 2.36. The zero-order valence-corrected chi connectivity index (χ0v) is 26.5. The quantitative estimate of drug-likeness (QED) is 0.287. The average Bonchev–Trinajstić information content (AvgIpc) is 2.94. The highest BCUT2D eigenvalue weighted by atomic mass is 32.2. The summed E-state index contributed by atoms with van der Waals surface area (Å²) in [6, 6.07) is 8.20. The van der Waals surface area contributed by atoms with Crippen LogP contribution in [0.5, 0.6) is 11.6 Å². The van der Waals surface area contributed by atoms with Crippen LogP contribution in [0.1, 0.15) is 52.3 Å². The van der Waals surface area contributed by atoms with E-state index in [0.29, 0.717) is 23.3 Å². The van der Waals surface area contributed by atoms with Gasteiger partial charge in [0.25, 0.3) is 0 Å². The van der Waals surface area contributed by atoms with Crippen LogP contribution in [0.4, 0.5) is 0 Å². The number of aromatic amines is 1. The van der Waals surface area contributed by atoms with Crippen LogP contribution >= 0.6 is 0 Å². The number of hydrogen-bond acceptors (Lipinski definition) is 7. The van der Waals surface area contributed by atoms with Crippen LogP contribution < -0.4 is 14.9 Å². The Hall–Kier alpha value is -3.14. The zero-order chi connectivity index (χ0) is 30.9. The summed E-state index contributed by atoms with van der Waals surface area (Å²) in [6.07, 6.45) is 4.77. The second-order valence-electron chi connectivity index (χ2n) is 10.4. The predicted octanol–water partition coefficient (Wildman–Crippen LogP) is 5.35. The average molecular weight is 588 g/mol. The summed E-state index contributed by atoms with van der Waals surface area (Å²) in [4.78, 5) is 15.9. The Morgan fingerprint density at radius 2 is 1.68 bits per heavy atom. The van der Waals surface area contributed by atoms with Crippen LogP contribution in [0.3, 0.4) is 0 Å². The Balaban J connectivity index is 2.45. The molecule has 226 valence electrons. The van der Waals surface area contributed by atoms with Gasteiger partial charge >= 0.3 is 0 Å². The number of allylic oxidation sites excluding steroid dienone is 2. The maximum Gasteiger partial charge on any atom is 0.238 e. The molecule has 0 amide bonds. The van der Waals surface area contributed by atoms with Gasteiger partial charge < -0.3 is 24.3 Å². The van der Waals surface area contributed by atoms with Crippen molar-refractivity contribution in [2.24, 2.45) is 5.92 Å². The van der Waals surface area contributed by atoms with Crippen molar-refractivity contribution < 1.29 is 27.7 Å². The van der Waals surface area contributed by atoms with E-state index in [1.54, 1.807) is 51.3 Å². The van der Waals surface area contributed by atoms with E-state index in [9.17, 15) is 18.3 Å². The number of aliphatic hydroxyl groups is 1. The fourth-order valence-electron chi connectivity index (χ4n) is 5.12. The number of aromatic nitrogens is 1. The number of pyridine rings is 1. The molecule has 0 fully saturated rings. The van der Waals surface area contributed by atoms with Crippen molar-refractivity contribution in [3.05, 3.63) is 86.8 Å². The fourth-order valence-corrected chi connectivity index (χ4v) is 7.02. The highest BCUT2D eigenvalue weighted by molar-refractivity contribution is 7.92. The number of hydrogen-bond donors (Lipinski definition) is 2. The van der Waals surface area contributed by atoms with Crippen LogP contribution in [0.2, 0.25) is 0 Å². The van der Waals surface area contributed by atoms with Gasteiger partial charge in [0.1, 0.15) is 5.25 Å². The molecule has 0 aliphatic carbocycles. The van der Waals surface area contributed by atoms with E-state index in [-0.39, 0.29) is 40.4 Å². The molecule has 2 aromatic rings. The first-order valence-electron chi connectivity index (χ1n) is 13.6. The first kappa shape index (κ1) is 34.1. The van der Waals surface area contributed by atoms with Gasteiger partial charge in [-0.1, -0.05) is 54.5 Å². The summed E-state index contributed by atoms with van der Waals surface area (Å²) in [5.41, 5.74) is 3.23. The third-order valence-electron chi connectivity index (χ3n) is 7.43. The van der Waals surface area contributed by atoms with Gasteiger partial charge in [0, 0.05) is 30.7 Å². The third kappa shape index (κ3) is 8.21. The number of ether oxygens (including phenoxy) is 3. The SMILES string of the molecule is C/C=C(\C)[C@H](OC)[C@H](C)/C=C(\C)C(C(O)C/C(C)=C/Cc1[nH]c(OC)c(OC)c(=O)c1C)S(=O)(=O)c1ccccc1. The summed E-state index contributed by atoms with van der Waals surface area (Å²) >= 11 is 0. The molecule has 2 unspecified atom stereocenters. The predicted molar refractivity (Wildman–Crippen MR) is 164 cm³/mol. The molecule has 0 aliphatic rings. The summed E-state index contributed by atoms with van der Waals surface area (Å²) in [6.45, 7) is 11.2. The van der Waals surface area contributed by atoms with E-state index in [1.807, 2.05) is 45.9 Å². The maximum absolute atomic E-state index is 13.9. The molecule has 8 nitrogen and oxygen atoms in total. The topological polar surface area (TPSA) is 115 Å². The Morgan fingerprint density at radius 1 is 1.05 bits per heavy atom. The molecule has 0 saturated carbocycles. The maximum atomic E-state index is 13.9. The van der Waals surface area contributed by atoms with Crippen LogP contribution in [0.15, 0.2) is 75.0 Å². The van der Waals surface area contributed by atoms with Crippen molar-refractivity contribution in [3.8, 4) is 11.6 Å². The monoisotopic (exact) mass is 587 g/mol. The third-order valence-corrected chi connectivity index (χ3v) is 9.71. The Morgan fingerprint density at radius 3 is 2.22 bits per heavy atom. The first-order valence-corrected chi connectivity index (χ1v) is 15.2. The lowest BCUT2D eigenvalue weighted by Crippen LogP contribution is -2.36. The number of sulfone groups is 1. The lowest BCUT2D eigenvalue weighted by atomic mass is 9.93. The van der Waals surface area contributed by atoms with Gasteiger partial charge in [-0.2, -0.15) is 0 Å². The molecule has 2 rings (SSSR count). The Kier molecular flexibility index (Phi) is 12.6. The van der Waals surface area contributed by atoms with E-state index in [1.165, 1.54) is 14.2 Å². The number of rotatable bonds is 14. The molecule has 9 heteroatoms. The molecule has 0 aliphatic heterocycles. The van der Waals surface area contributed by atoms with Gasteiger partial charge in [-0.05, 0) is 58.7 Å². The Labute approximate surface area is 244 Å². The second kappa shape index (κ2) is 15.2. The minimum absolute atomic E-state index is 0.107. The van der Waals surface area contributed by atoms with Gasteiger partial charge in [0.2, 0.25) is 17.1 Å². The number of H-pyrrole nitrogens is 1. The van der Waals surface area contributed by atoms with Crippen molar-refractivity contribution in [2.75, 3.05) is 21.3 Å². The zero-order valence-electron chi connectivity index (χ0n) is 25.6. The normalized spacial score (nSPS) is 16.2. The van der Waals surface area contributed by atoms with Crippen molar-refractivity contribution in [1.82, 2.24) is 4.98 Å². The van der Waals surface area contributed by atoms with Crippen molar-refractivity contribution in [1.29, 1.82) is 0 Å². The summed E-state index contributed by atoms with van der Waals surface area (Å²) in [5.74, 6) is 0.213. The summed E-state index contributed by atoms with van der Waals surface area (Å²) in [5, 5.41) is 10.3. The van der Waals surface area contributed by atoms with Crippen LogP contribution in [-0.4, -0.2) is 57.3 Å². The molecule has 0 spiro atoms. The molecular weight excluding hydrogens is 542 g/mol. The lowest BCUT2D eigenvalue weighted by molar-refractivity contribution is 0.103. The second-order valence-corrected chi connectivity index (χ2v) is 12.5. The molecule has 41 heavy (non-hydrogen) atoms. The smallest absolute Gasteiger partial charge is 0.238 e. The number of nitrogens with one attached hydrogen (secondary N) is 1. The molecule has 4 atom stereocenters. The molecule has 2 N–H and O–H groups in total. The van der Waals surface area contributed by atoms with Crippen LogP contribution in [0, 0.1) is 12.8 Å². The van der Waals surface area contributed by atoms with Gasteiger partial charge in [-0.15, -0.1) is 0 Å². The molecule has 1 heterocycles. The largest absolute Gasteiger partial charge is 0.488 e. The summed E-state index contributed by atoms with van der Waals surface area (Å²) in [7, 11) is 0.563. The van der Waals surface area contributed by atoms with E-state index in [4.69, 9.17) is 14.2 Å². The number of methoxy groups -OCH3 is 3. The first-order chi connectivity index (χ1) is 19.3. The van der Waals surface area contributed by atoms with E-state index < -0.39 is 21.2 Å². The van der Waals surface area contributed by atoms with E-state index in [2.05, 4.69) is 4.98 Å². The molecule has 1 aromatic carbocycles. The van der Waals surface area contributed by atoms with Gasteiger partial charge in [-0.25, -0.2) is 8.42 Å². The number of aliphatic hydroxyl groups excluding tert-OH is 1. The van der Waals surface area contributed by atoms with Crippen molar-refractivity contribution >= 4 is 9.84 Å². The molecule has 0 bridgehead atoms. The lowest BCUT2D eigenvalue weighted by Gasteiger charge is -2.27. The van der Waals surface area contributed by atoms with E-state index >= 15 is 0 Å². The molecule has 0 radical (unpaired) electrons. The molecule has 1 aromatic heterocycles. The highest BCUT2D eigenvalue weighted by Crippen LogP contribution is 2.30. The van der Waals surface area contributed by atoms with Gasteiger partial charge in [0.15, 0.2) is 9.84 Å². The minimum atomic E-state index is -3.92. The molecule has 0 saturated heterocycles. The molecular formula is C32H45NO7S. The van der Waals surface area contributed by atoms with Crippen molar-refractivity contribution in [2.45, 2.75) is 76.7 Å². The van der Waals surface area contributed by atoms with Crippen LogP contribution in [0.25, 0.3) is 0 Å². The number of benzene rings is 1. The standard InChI is InChI=1S/C32H45NO7S/c1-10-21(3)29(38-7)22(4)19-23(5)31(41(36,37)25-14-12-11-13-15-25)27(34)18-20(2)16-17-26-24(6)28(35)30(39-8)32(33-26)40-9/h10-16,19,22,27,29,31,34H,17-18H2,1-9H3,(H,33,35)/b20-16+,21-10+,23-19+/t22-,27?,29+,31?/m1/s1. The summed E-state index contributed by atoms with van der Waals surface area (Å²) < 4.78 is 43.9.